The zero-order chi connectivity index (χ0) is 54.5. The molecule has 0 unspecified atom stereocenters. The van der Waals surface area contributed by atoms with Gasteiger partial charge in [0.2, 0.25) is 11.4 Å². The second kappa shape index (κ2) is 56.0. The summed E-state index contributed by atoms with van der Waals surface area (Å²) in [6, 6.07) is 17.9. The quantitative estimate of drug-likeness (QED) is 0.0208. The minimum absolute atomic E-state index is 0. The van der Waals surface area contributed by atoms with Crippen LogP contribution in [0.1, 0.15) is 353 Å². The van der Waals surface area contributed by atoms with Crippen LogP contribution in [0.5, 0.6) is 0 Å². The number of hydrogen-bond donors (Lipinski definition) is 0. The maximum Gasteiger partial charge on any atom is 2.00 e. The minimum Gasteiger partial charge on any atom is -0.493 e. The minimum atomic E-state index is 0. The largest absolute Gasteiger partial charge is 2.00 e. The van der Waals surface area contributed by atoms with Crippen molar-refractivity contribution < 1.29 is 25.1 Å². The van der Waals surface area contributed by atoms with E-state index in [1.165, 1.54) is 265 Å². The fraction of sp³-hybridized carbons (Fsp3) is 0.726. The SMILES string of the molecule is CCCCCCCCCCCCCCCCCCCC#CCCc1ccccc1C1=C(CCCC)C(CCCCCCCCCCCCCC)=C(c2cccc(CCCC)c2)[N+]1=[N-].[CH2-]CCCCC.[CH2-]CCCCC.[Pd+2]. The van der Waals surface area contributed by atoms with Crippen LogP contribution in [-0.2, 0) is 33.3 Å². The van der Waals surface area contributed by atoms with Gasteiger partial charge in [-0.15, -0.1) is 11.8 Å². The van der Waals surface area contributed by atoms with Crippen LogP contribution in [0.3, 0.4) is 0 Å². The summed E-state index contributed by atoms with van der Waals surface area (Å²) in [5.41, 5.74) is 22.2. The molecule has 0 fully saturated rings. The van der Waals surface area contributed by atoms with Gasteiger partial charge in [-0.25, -0.2) is 4.70 Å². The molecule has 0 saturated heterocycles. The molecule has 0 aromatic heterocycles. The van der Waals surface area contributed by atoms with Crippen molar-refractivity contribution in [2.45, 2.75) is 343 Å². The van der Waals surface area contributed by atoms with Crippen LogP contribution in [0.25, 0.3) is 16.9 Å². The zero-order valence-corrected chi connectivity index (χ0v) is 53.0. The van der Waals surface area contributed by atoms with E-state index in [0.717, 1.165) is 81.2 Å². The smallest absolute Gasteiger partial charge is 0.493 e. The van der Waals surface area contributed by atoms with E-state index in [4.69, 9.17) is 0 Å². The van der Waals surface area contributed by atoms with Crippen molar-refractivity contribution in [2.75, 3.05) is 0 Å². The topological polar surface area (TPSA) is 25.3 Å². The fourth-order valence-electron chi connectivity index (χ4n) is 10.7. The standard InChI is InChI=1S/C61H98N2.2C6H13.Pd/c1-5-9-13-15-17-19-21-23-24-25-26-27-28-29-30-31-32-34-36-38-40-47-55-48-42-43-51-57(55)61-59(50-12-8-4)58(52-41-39-37-35-33-22-20-18-16-14-10-6-2)60(63(61)62)56-49-44-46-54(53-56)45-11-7-3;2*1-3-5-6-4-2;/h42-44,46,48-49,51,53H,5-35,37,39-41,45,47,50,52H2,1-4H3;2*1,3-6H2,2H3;/q;2*-1;+2. The van der Waals surface area contributed by atoms with Crippen LogP contribution < -0.4 is 0 Å². The molecule has 0 bridgehead atoms. The molecule has 0 atom stereocenters. The van der Waals surface area contributed by atoms with Crippen LogP contribution in [0, 0.1) is 25.7 Å². The molecule has 3 rings (SSSR count). The summed E-state index contributed by atoms with van der Waals surface area (Å²) in [6.45, 7) is 21.0. The molecule has 0 radical (unpaired) electrons. The van der Waals surface area contributed by atoms with Crippen LogP contribution in [0.15, 0.2) is 59.7 Å². The average molecular weight is 1140 g/mol. The molecular weight excluding hydrogens is 1010 g/mol. The number of allylic oxidation sites excluding steroid dienone is 2. The summed E-state index contributed by atoms with van der Waals surface area (Å²) in [7, 11) is 0. The third-order valence-corrected chi connectivity index (χ3v) is 15.5. The first-order valence-electron chi connectivity index (χ1n) is 33.2. The van der Waals surface area contributed by atoms with Gasteiger partial charge in [0.25, 0.3) is 0 Å². The van der Waals surface area contributed by atoms with Crippen molar-refractivity contribution >= 4 is 11.4 Å². The van der Waals surface area contributed by atoms with Gasteiger partial charge in [-0.2, -0.15) is 12.8 Å². The molecule has 1 aliphatic heterocycles. The summed E-state index contributed by atoms with van der Waals surface area (Å²) < 4.78 is 1.61. The Labute approximate surface area is 490 Å². The number of unbranched alkanes of at least 4 members (excludes halogenated alkanes) is 36. The first kappa shape index (κ1) is 73.7. The van der Waals surface area contributed by atoms with Gasteiger partial charge in [0.15, 0.2) is 0 Å². The number of rotatable bonds is 46. The summed E-state index contributed by atoms with van der Waals surface area (Å²) in [5.74, 6) is 7.07. The van der Waals surface area contributed by atoms with Crippen LogP contribution in [0.2, 0.25) is 0 Å². The van der Waals surface area contributed by atoms with E-state index in [9.17, 15) is 5.53 Å². The summed E-state index contributed by atoms with van der Waals surface area (Å²) >= 11 is 0. The van der Waals surface area contributed by atoms with Crippen molar-refractivity contribution in [3.05, 3.63) is 101 Å². The second-order valence-corrected chi connectivity index (χ2v) is 22.6. The molecule has 2 aromatic rings. The first-order chi connectivity index (χ1) is 37.0. The Kier molecular flexibility index (Phi) is 54.4. The van der Waals surface area contributed by atoms with E-state index in [2.05, 4.69) is 116 Å². The molecule has 0 amide bonds. The van der Waals surface area contributed by atoms with Gasteiger partial charge >= 0.3 is 20.4 Å². The van der Waals surface area contributed by atoms with Gasteiger partial charge < -0.3 is 19.4 Å². The van der Waals surface area contributed by atoms with Crippen LogP contribution in [0.4, 0.5) is 0 Å². The first-order valence-corrected chi connectivity index (χ1v) is 33.2. The van der Waals surface area contributed by atoms with E-state index < -0.39 is 0 Å². The number of aryl methyl sites for hydroxylation is 2. The van der Waals surface area contributed by atoms with Gasteiger partial charge in [0.1, 0.15) is 0 Å². The van der Waals surface area contributed by atoms with Crippen LogP contribution >= 0.6 is 0 Å². The van der Waals surface area contributed by atoms with Gasteiger partial charge in [0.05, 0.1) is 0 Å². The molecule has 3 heteroatoms. The van der Waals surface area contributed by atoms with E-state index in [-0.39, 0.29) is 20.4 Å². The Balaban J connectivity index is 0.00000386. The Hall–Kier alpha value is -2.26. The normalized spacial score (nSPS) is 12.0. The van der Waals surface area contributed by atoms with Crippen LogP contribution in [-0.4, -0.2) is 4.70 Å². The predicted molar refractivity (Wildman–Crippen MR) is 338 cm³/mol. The molecule has 0 N–H and O–H groups in total. The average Bonchev–Trinajstić information content (AvgIpc) is 3.72. The van der Waals surface area contributed by atoms with Gasteiger partial charge in [-0.3, -0.25) is 0 Å². The number of hydrogen-bond acceptors (Lipinski definition) is 0. The summed E-state index contributed by atoms with van der Waals surface area (Å²) in [4.78, 5) is 0. The molecule has 2 nitrogen and oxygen atoms in total. The molecule has 2 aromatic carbocycles. The van der Waals surface area contributed by atoms with Gasteiger partial charge in [-0.1, -0.05) is 297 Å². The summed E-state index contributed by atoms with van der Waals surface area (Å²) in [5, 5.41) is 0. The van der Waals surface area contributed by atoms with Gasteiger partial charge in [-0.05, 0) is 80.7 Å². The fourth-order valence-corrected chi connectivity index (χ4v) is 10.7. The Bertz CT molecular complexity index is 1720. The molecule has 1 aliphatic rings. The molecule has 0 saturated carbocycles. The summed E-state index contributed by atoms with van der Waals surface area (Å²) in [6.07, 6.45) is 60.9. The van der Waals surface area contributed by atoms with Crippen molar-refractivity contribution in [3.8, 4) is 11.8 Å². The van der Waals surface area contributed by atoms with E-state index in [0.29, 0.717) is 0 Å². The van der Waals surface area contributed by atoms with E-state index >= 15 is 0 Å². The molecular formula is C73H124N2Pd. The Morgan fingerprint density at radius 1 is 0.368 bits per heavy atom. The number of nitrogens with zero attached hydrogens (tertiary/aromatic N) is 2. The van der Waals surface area contributed by atoms with Crippen molar-refractivity contribution in [3.63, 3.8) is 0 Å². The monoisotopic (exact) mass is 1130 g/mol. The maximum absolute atomic E-state index is 12.4. The van der Waals surface area contributed by atoms with Crippen molar-refractivity contribution in [1.29, 1.82) is 0 Å². The van der Waals surface area contributed by atoms with Gasteiger partial charge in [0, 0.05) is 35.1 Å². The molecule has 1 heterocycles. The van der Waals surface area contributed by atoms with Crippen molar-refractivity contribution in [1.82, 2.24) is 0 Å². The Morgan fingerprint density at radius 3 is 1.21 bits per heavy atom. The third-order valence-electron chi connectivity index (χ3n) is 15.5. The molecule has 0 aliphatic carbocycles. The number of benzene rings is 2. The molecule has 436 valence electrons. The maximum atomic E-state index is 12.4. The predicted octanol–water partition coefficient (Wildman–Crippen LogP) is 25.3. The third kappa shape index (κ3) is 37.6. The van der Waals surface area contributed by atoms with E-state index in [1.807, 2.05) is 0 Å². The second-order valence-electron chi connectivity index (χ2n) is 22.6. The molecule has 0 spiro atoms. The molecule has 76 heavy (non-hydrogen) atoms. The zero-order valence-electron chi connectivity index (χ0n) is 51.5. The van der Waals surface area contributed by atoms with Crippen molar-refractivity contribution in [2.24, 2.45) is 0 Å². The Morgan fingerprint density at radius 2 is 0.750 bits per heavy atom. The van der Waals surface area contributed by atoms with E-state index in [1.54, 1.807) is 4.70 Å².